The number of aldehydes is 2. The number of halogens is 2. The second-order valence-electron chi connectivity index (χ2n) is 2.88. The van der Waals surface area contributed by atoms with Crippen molar-refractivity contribution < 1.29 is 9.59 Å². The first-order chi connectivity index (χ1) is 7.69. The van der Waals surface area contributed by atoms with Gasteiger partial charge < -0.3 is 0 Å². The van der Waals surface area contributed by atoms with Crippen molar-refractivity contribution in [3.63, 3.8) is 0 Å². The van der Waals surface area contributed by atoms with Crippen LogP contribution in [0, 0.1) is 0 Å². The topological polar surface area (TPSA) is 34.1 Å². The lowest BCUT2D eigenvalue weighted by Crippen LogP contribution is -1.81. The summed E-state index contributed by atoms with van der Waals surface area (Å²) in [6.45, 7) is 0. The Bertz CT molecular complexity index is 402. The highest BCUT2D eigenvalue weighted by molar-refractivity contribution is 6.50. The summed E-state index contributed by atoms with van der Waals surface area (Å²) in [7, 11) is 0. The zero-order valence-corrected chi connectivity index (χ0v) is 9.70. The fourth-order valence-corrected chi connectivity index (χ4v) is 1.46. The molecule has 0 bridgehead atoms. The van der Waals surface area contributed by atoms with Gasteiger partial charge in [0.1, 0.15) is 12.6 Å². The van der Waals surface area contributed by atoms with Gasteiger partial charge >= 0.3 is 0 Å². The van der Waals surface area contributed by atoms with Crippen molar-refractivity contribution in [3.05, 3.63) is 47.5 Å². The van der Waals surface area contributed by atoms with E-state index in [9.17, 15) is 9.59 Å². The number of rotatable bonds is 4. The van der Waals surface area contributed by atoms with Crippen molar-refractivity contribution in [2.75, 3.05) is 0 Å². The standard InChI is InChI=1S/C12H8Cl2O2/c13-11(5-7-15)9-1-2-10(4-3-9)12(14)6-8-16/h1-8H/b11-5+,12-6+. The Morgan fingerprint density at radius 3 is 1.38 bits per heavy atom. The van der Waals surface area contributed by atoms with Crippen LogP contribution in [0.3, 0.4) is 0 Å². The number of hydrogen-bond donors (Lipinski definition) is 0. The second-order valence-corrected chi connectivity index (χ2v) is 3.69. The van der Waals surface area contributed by atoms with Crippen molar-refractivity contribution in [1.29, 1.82) is 0 Å². The minimum absolute atomic E-state index is 0.358. The summed E-state index contributed by atoms with van der Waals surface area (Å²) < 4.78 is 0. The maximum atomic E-state index is 10.2. The van der Waals surface area contributed by atoms with E-state index in [1.165, 1.54) is 12.2 Å². The molecule has 1 rings (SSSR count). The molecule has 0 unspecified atom stereocenters. The van der Waals surface area contributed by atoms with Crippen LogP contribution >= 0.6 is 23.2 Å². The lowest BCUT2D eigenvalue weighted by Gasteiger charge is -2.01. The second kappa shape index (κ2) is 6.26. The molecule has 0 saturated heterocycles. The number of hydrogen-bond acceptors (Lipinski definition) is 2. The van der Waals surface area contributed by atoms with Crippen LogP contribution in [0.5, 0.6) is 0 Å². The van der Waals surface area contributed by atoms with E-state index in [0.29, 0.717) is 33.8 Å². The molecule has 0 atom stereocenters. The normalized spacial score (nSPS) is 12.4. The van der Waals surface area contributed by atoms with E-state index in [0.717, 1.165) is 0 Å². The van der Waals surface area contributed by atoms with Gasteiger partial charge in [0.15, 0.2) is 0 Å². The summed E-state index contributed by atoms with van der Waals surface area (Å²) >= 11 is 11.7. The third-order valence-corrected chi connectivity index (χ3v) is 2.55. The van der Waals surface area contributed by atoms with E-state index >= 15 is 0 Å². The first-order valence-corrected chi connectivity index (χ1v) is 5.17. The summed E-state index contributed by atoms with van der Waals surface area (Å²) in [5.74, 6) is 0. The molecule has 0 N–H and O–H groups in total. The molecule has 0 heterocycles. The van der Waals surface area contributed by atoms with Crippen LogP contribution in [0.1, 0.15) is 11.1 Å². The van der Waals surface area contributed by atoms with Crippen LogP contribution in [0.25, 0.3) is 10.1 Å². The molecule has 2 nitrogen and oxygen atoms in total. The third kappa shape index (κ3) is 3.33. The summed E-state index contributed by atoms with van der Waals surface area (Å²) in [5.41, 5.74) is 1.43. The average molecular weight is 255 g/mol. The fraction of sp³-hybridized carbons (Fsp3) is 0. The Morgan fingerprint density at radius 2 is 1.12 bits per heavy atom. The Labute approximate surface area is 103 Å². The van der Waals surface area contributed by atoms with Gasteiger partial charge in [0.25, 0.3) is 0 Å². The third-order valence-electron chi connectivity index (χ3n) is 1.87. The predicted molar refractivity (Wildman–Crippen MR) is 66.2 cm³/mol. The first kappa shape index (κ1) is 12.7. The van der Waals surface area contributed by atoms with Gasteiger partial charge in [0.05, 0.1) is 10.1 Å². The highest BCUT2D eigenvalue weighted by Gasteiger charge is 2.00. The van der Waals surface area contributed by atoms with E-state index in [2.05, 4.69) is 0 Å². The molecule has 4 heteroatoms. The van der Waals surface area contributed by atoms with Crippen molar-refractivity contribution >= 4 is 45.8 Å². The molecule has 0 radical (unpaired) electrons. The van der Waals surface area contributed by atoms with Gasteiger partial charge in [-0.15, -0.1) is 0 Å². The lowest BCUT2D eigenvalue weighted by atomic mass is 10.1. The zero-order valence-electron chi connectivity index (χ0n) is 8.19. The lowest BCUT2D eigenvalue weighted by molar-refractivity contribution is -0.104. The quantitative estimate of drug-likeness (QED) is 0.611. The Morgan fingerprint density at radius 1 is 0.812 bits per heavy atom. The zero-order chi connectivity index (χ0) is 12.0. The van der Waals surface area contributed by atoms with E-state index in [4.69, 9.17) is 23.2 Å². The van der Waals surface area contributed by atoms with Gasteiger partial charge in [-0.05, 0) is 23.3 Å². The molecule has 16 heavy (non-hydrogen) atoms. The van der Waals surface area contributed by atoms with Gasteiger partial charge in [-0.1, -0.05) is 47.5 Å². The smallest absolute Gasteiger partial charge is 0.144 e. The van der Waals surface area contributed by atoms with Crippen LogP contribution in [-0.2, 0) is 9.59 Å². The number of allylic oxidation sites excluding steroid dienone is 2. The molecule has 82 valence electrons. The molecule has 0 aliphatic heterocycles. The van der Waals surface area contributed by atoms with Crippen LogP contribution in [0.2, 0.25) is 0 Å². The predicted octanol–water partition coefficient (Wildman–Crippen LogP) is 3.24. The van der Waals surface area contributed by atoms with Crippen LogP contribution in [-0.4, -0.2) is 12.6 Å². The molecular weight excluding hydrogens is 247 g/mol. The highest BCUT2D eigenvalue weighted by atomic mass is 35.5. The minimum atomic E-state index is 0.358. The number of carbonyl (C=O) groups excluding carboxylic acids is 2. The SMILES string of the molecule is O=C/C=C(/Cl)c1ccc(/C(Cl)=C\C=O)cc1. The molecule has 0 saturated carbocycles. The number of carbonyl (C=O) groups is 2. The number of benzene rings is 1. The van der Waals surface area contributed by atoms with Crippen LogP contribution < -0.4 is 0 Å². The molecule has 1 aromatic rings. The molecule has 0 aliphatic carbocycles. The van der Waals surface area contributed by atoms with E-state index in [1.54, 1.807) is 24.3 Å². The monoisotopic (exact) mass is 254 g/mol. The molecule has 0 aliphatic rings. The summed E-state index contributed by atoms with van der Waals surface area (Å²) in [6, 6.07) is 6.88. The maximum absolute atomic E-state index is 10.2. The van der Waals surface area contributed by atoms with Crippen molar-refractivity contribution in [3.8, 4) is 0 Å². The fourth-order valence-electron chi connectivity index (χ4n) is 1.10. The van der Waals surface area contributed by atoms with Gasteiger partial charge in [-0.2, -0.15) is 0 Å². The largest absolute Gasteiger partial charge is 0.299 e. The first-order valence-electron chi connectivity index (χ1n) is 4.41. The van der Waals surface area contributed by atoms with Gasteiger partial charge in [0.2, 0.25) is 0 Å². The summed E-state index contributed by atoms with van der Waals surface area (Å²) in [6.07, 6.45) is 3.77. The van der Waals surface area contributed by atoms with Gasteiger partial charge in [0, 0.05) is 0 Å². The van der Waals surface area contributed by atoms with E-state index in [-0.39, 0.29) is 0 Å². The van der Waals surface area contributed by atoms with E-state index < -0.39 is 0 Å². The van der Waals surface area contributed by atoms with Crippen molar-refractivity contribution in [1.82, 2.24) is 0 Å². The molecule has 0 amide bonds. The summed E-state index contributed by atoms with van der Waals surface area (Å²) in [5, 5.41) is 0.717. The molecule has 0 spiro atoms. The van der Waals surface area contributed by atoms with Crippen LogP contribution in [0.15, 0.2) is 36.4 Å². The highest BCUT2D eigenvalue weighted by Crippen LogP contribution is 2.23. The molecule has 0 fully saturated rings. The molecule has 0 aromatic heterocycles. The van der Waals surface area contributed by atoms with Crippen molar-refractivity contribution in [2.24, 2.45) is 0 Å². The summed E-state index contributed by atoms with van der Waals surface area (Å²) in [4.78, 5) is 20.4. The minimum Gasteiger partial charge on any atom is -0.299 e. The van der Waals surface area contributed by atoms with Gasteiger partial charge in [-0.25, -0.2) is 0 Å². The Hall–Kier alpha value is -1.38. The van der Waals surface area contributed by atoms with Crippen LogP contribution in [0.4, 0.5) is 0 Å². The average Bonchev–Trinajstić information content (AvgIpc) is 2.30. The Balaban J connectivity index is 3.00. The van der Waals surface area contributed by atoms with Gasteiger partial charge in [-0.3, -0.25) is 9.59 Å². The maximum Gasteiger partial charge on any atom is 0.144 e. The molecule has 1 aromatic carbocycles. The molecular formula is C12H8Cl2O2. The van der Waals surface area contributed by atoms with Crippen molar-refractivity contribution in [2.45, 2.75) is 0 Å². The Kier molecular flexibility index (Phi) is 4.96. The van der Waals surface area contributed by atoms with E-state index in [1.807, 2.05) is 0 Å².